The van der Waals surface area contributed by atoms with Gasteiger partial charge in [0, 0.05) is 0 Å². The van der Waals surface area contributed by atoms with Gasteiger partial charge in [0.05, 0.1) is 11.5 Å². The first kappa shape index (κ1) is 34.0. The molecule has 2 rings (SSSR count). The first-order valence-corrected chi connectivity index (χ1v) is 28.3. The molecule has 0 saturated carbocycles. The van der Waals surface area contributed by atoms with Gasteiger partial charge in [-0.15, -0.1) is 0 Å². The van der Waals surface area contributed by atoms with Gasteiger partial charge in [-0.05, 0) is 97.6 Å². The predicted molar refractivity (Wildman–Crippen MR) is 162 cm³/mol. The van der Waals surface area contributed by atoms with Gasteiger partial charge in [0.2, 0.25) is 0 Å². The van der Waals surface area contributed by atoms with E-state index in [4.69, 9.17) is 26.6 Å². The molecule has 0 aliphatic carbocycles. The monoisotopic (exact) mass is 622 g/mol. The molecule has 1 aromatic carbocycles. The predicted octanol–water partition coefficient (Wildman–Crippen LogP) is 5.94. The fraction of sp³-hybridized carbons (Fsp3) is 0.760. The molecule has 1 aliphatic heterocycles. The van der Waals surface area contributed by atoms with Crippen molar-refractivity contribution in [2.24, 2.45) is 0 Å². The molecule has 0 N–H and O–H groups in total. The summed E-state index contributed by atoms with van der Waals surface area (Å²) in [4.78, 5) is 0.103. The highest BCUT2D eigenvalue weighted by Crippen LogP contribution is 2.35. The van der Waals surface area contributed by atoms with Crippen LogP contribution in [0.5, 0.6) is 0 Å². The first-order valence-electron chi connectivity index (χ1n) is 13.3. The average molecular weight is 623 g/mol. The molecule has 38 heavy (non-hydrogen) atoms. The second kappa shape index (κ2) is 12.3. The molecule has 5 atom stereocenters. The molecule has 13 heteroatoms. The Morgan fingerprint density at radius 3 is 1.53 bits per heavy atom. The minimum Gasteiger partial charge on any atom is -0.409 e. The second-order valence-corrected chi connectivity index (χ2v) is 33.4. The molecule has 0 radical (unpaired) electrons. The van der Waals surface area contributed by atoms with Crippen LogP contribution in [0.2, 0.25) is 78.6 Å². The standard InChI is InChI=1S/C25H50O8SSi4/c1-19-14-16-20(17-15-19)34(26,27)28-18-21-22(30-35(2,3)4)23(31-36(5,6)7)24(32-37(8,9)10)25(29-21)33-38(11,12)13/h14-17,21-25H,18H2,1-13H3. The zero-order valence-electron chi connectivity index (χ0n) is 25.6. The Bertz CT molecular complexity index is 1010. The minimum atomic E-state index is -4.00. The maximum absolute atomic E-state index is 13.1. The van der Waals surface area contributed by atoms with Crippen molar-refractivity contribution in [3.63, 3.8) is 0 Å². The van der Waals surface area contributed by atoms with Crippen LogP contribution >= 0.6 is 0 Å². The lowest BCUT2D eigenvalue weighted by Gasteiger charge is -2.51. The van der Waals surface area contributed by atoms with Gasteiger partial charge in [-0.1, -0.05) is 17.7 Å². The maximum atomic E-state index is 13.1. The Labute approximate surface area is 235 Å². The molecule has 0 spiro atoms. The van der Waals surface area contributed by atoms with Crippen molar-refractivity contribution in [3.05, 3.63) is 29.8 Å². The van der Waals surface area contributed by atoms with Crippen LogP contribution in [0.25, 0.3) is 0 Å². The van der Waals surface area contributed by atoms with E-state index in [1.165, 1.54) is 0 Å². The Kier molecular flexibility index (Phi) is 11.0. The molecule has 0 amide bonds. The fourth-order valence-electron chi connectivity index (χ4n) is 4.01. The van der Waals surface area contributed by atoms with Crippen molar-refractivity contribution < 1.29 is 35.0 Å². The minimum absolute atomic E-state index is 0.103. The summed E-state index contributed by atoms with van der Waals surface area (Å²) in [7, 11) is -12.4. The van der Waals surface area contributed by atoms with Crippen molar-refractivity contribution in [3.8, 4) is 0 Å². The summed E-state index contributed by atoms with van der Waals surface area (Å²) >= 11 is 0. The normalized spacial score (nSPS) is 26.0. The van der Waals surface area contributed by atoms with E-state index in [0.29, 0.717) is 0 Å². The zero-order chi connectivity index (χ0) is 29.3. The molecule has 220 valence electrons. The molecule has 0 bridgehead atoms. The second-order valence-electron chi connectivity index (χ2n) is 13.9. The van der Waals surface area contributed by atoms with E-state index in [2.05, 4.69) is 78.6 Å². The van der Waals surface area contributed by atoms with Crippen LogP contribution in [0.15, 0.2) is 29.2 Å². The number of hydrogen-bond donors (Lipinski definition) is 0. The van der Waals surface area contributed by atoms with Gasteiger partial charge in [-0.25, -0.2) is 0 Å². The summed E-state index contributed by atoms with van der Waals surface area (Å²) in [6.45, 7) is 27.0. The summed E-state index contributed by atoms with van der Waals surface area (Å²) in [5.41, 5.74) is 0.967. The van der Waals surface area contributed by atoms with Crippen molar-refractivity contribution in [1.82, 2.24) is 0 Å². The fourth-order valence-corrected chi connectivity index (χ4v) is 9.07. The molecule has 1 aromatic rings. The van der Waals surface area contributed by atoms with Crippen LogP contribution in [-0.2, 0) is 36.7 Å². The summed E-state index contributed by atoms with van der Waals surface area (Å²) in [6.07, 6.45) is -3.04. The molecule has 1 aliphatic rings. The highest BCUT2D eigenvalue weighted by molar-refractivity contribution is 7.86. The summed E-state index contributed by atoms with van der Waals surface area (Å²) in [5, 5.41) is 0. The lowest BCUT2D eigenvalue weighted by atomic mass is 9.99. The summed E-state index contributed by atoms with van der Waals surface area (Å²) in [6, 6.07) is 6.60. The van der Waals surface area contributed by atoms with Crippen molar-refractivity contribution in [2.75, 3.05) is 6.61 Å². The van der Waals surface area contributed by atoms with E-state index in [1.807, 2.05) is 6.92 Å². The van der Waals surface area contributed by atoms with E-state index in [1.54, 1.807) is 24.3 Å². The van der Waals surface area contributed by atoms with Crippen molar-refractivity contribution in [2.45, 2.75) is 121 Å². The van der Waals surface area contributed by atoms with Crippen LogP contribution < -0.4 is 0 Å². The van der Waals surface area contributed by atoms with Crippen LogP contribution in [0.1, 0.15) is 5.56 Å². The molecule has 1 saturated heterocycles. The van der Waals surface area contributed by atoms with Gasteiger partial charge in [0.1, 0.15) is 24.4 Å². The molecule has 1 fully saturated rings. The van der Waals surface area contributed by atoms with E-state index < -0.39 is 74.1 Å². The van der Waals surface area contributed by atoms with Crippen LogP contribution in [0.3, 0.4) is 0 Å². The Morgan fingerprint density at radius 2 is 1.08 bits per heavy atom. The Morgan fingerprint density at radius 1 is 0.658 bits per heavy atom. The molecule has 5 unspecified atom stereocenters. The smallest absolute Gasteiger partial charge is 0.297 e. The lowest BCUT2D eigenvalue weighted by molar-refractivity contribution is -0.267. The number of rotatable bonds is 12. The zero-order valence-corrected chi connectivity index (χ0v) is 30.4. The third-order valence-electron chi connectivity index (χ3n) is 5.23. The molecular formula is C25H50O8SSi4. The quantitative estimate of drug-likeness (QED) is 0.209. The molecule has 8 nitrogen and oxygen atoms in total. The van der Waals surface area contributed by atoms with Gasteiger partial charge in [0.15, 0.2) is 39.6 Å². The average Bonchev–Trinajstić information content (AvgIpc) is 2.68. The topological polar surface area (TPSA) is 89.5 Å². The highest BCUT2D eigenvalue weighted by atomic mass is 32.2. The van der Waals surface area contributed by atoms with Crippen molar-refractivity contribution in [1.29, 1.82) is 0 Å². The van der Waals surface area contributed by atoms with E-state index in [-0.39, 0.29) is 11.5 Å². The summed E-state index contributed by atoms with van der Waals surface area (Å²) in [5.74, 6) is 0. The third kappa shape index (κ3) is 11.4. The maximum Gasteiger partial charge on any atom is 0.297 e. The molecule has 1 heterocycles. The summed E-state index contributed by atoms with van der Waals surface area (Å²) < 4.78 is 65.0. The Hall–Kier alpha value is -0.202. The van der Waals surface area contributed by atoms with Gasteiger partial charge in [-0.2, -0.15) is 8.42 Å². The van der Waals surface area contributed by atoms with E-state index in [9.17, 15) is 8.42 Å². The first-order chi connectivity index (χ1) is 17.0. The number of benzene rings is 1. The van der Waals surface area contributed by atoms with Crippen LogP contribution in [0.4, 0.5) is 0 Å². The van der Waals surface area contributed by atoms with Crippen LogP contribution in [-0.4, -0.2) is 79.0 Å². The largest absolute Gasteiger partial charge is 0.409 e. The van der Waals surface area contributed by atoms with Crippen molar-refractivity contribution >= 4 is 43.4 Å². The van der Waals surface area contributed by atoms with E-state index >= 15 is 0 Å². The SMILES string of the molecule is Cc1ccc(S(=O)(=O)OCC2OC(O[Si](C)(C)C)C(O[Si](C)(C)C)C(O[Si](C)(C)C)C2O[Si](C)(C)C)cc1. The van der Waals surface area contributed by atoms with Gasteiger partial charge in [-0.3, -0.25) is 4.18 Å². The third-order valence-corrected chi connectivity index (χ3v) is 10.4. The number of aryl methyl sites for hydroxylation is 1. The van der Waals surface area contributed by atoms with Gasteiger partial charge >= 0.3 is 0 Å². The highest BCUT2D eigenvalue weighted by Gasteiger charge is 2.53. The molecular weight excluding hydrogens is 573 g/mol. The van der Waals surface area contributed by atoms with Gasteiger partial charge in [0.25, 0.3) is 10.1 Å². The van der Waals surface area contributed by atoms with Gasteiger partial charge < -0.3 is 22.4 Å². The Balaban J connectivity index is 2.53. The van der Waals surface area contributed by atoms with Crippen LogP contribution in [0, 0.1) is 6.92 Å². The number of ether oxygens (including phenoxy) is 1. The lowest BCUT2D eigenvalue weighted by Crippen LogP contribution is -2.67. The molecule has 0 aromatic heterocycles. The van der Waals surface area contributed by atoms with E-state index in [0.717, 1.165) is 5.56 Å². The number of hydrogen-bond acceptors (Lipinski definition) is 8.